The molecule has 106 valence electrons. The van der Waals surface area contributed by atoms with Crippen LogP contribution in [-0.4, -0.2) is 21.0 Å². The van der Waals surface area contributed by atoms with Crippen molar-refractivity contribution in [2.75, 3.05) is 5.75 Å². The van der Waals surface area contributed by atoms with Crippen LogP contribution in [0.4, 0.5) is 8.78 Å². The summed E-state index contributed by atoms with van der Waals surface area (Å²) >= 11 is 5.01. The van der Waals surface area contributed by atoms with Crippen molar-refractivity contribution in [1.82, 2.24) is 0 Å². The van der Waals surface area contributed by atoms with E-state index in [0.717, 1.165) is 12.1 Å². The van der Waals surface area contributed by atoms with Crippen LogP contribution in [0, 0.1) is 0 Å². The van der Waals surface area contributed by atoms with E-state index in [2.05, 4.69) is 0 Å². The minimum absolute atomic E-state index is 0.107. The lowest BCUT2D eigenvalue weighted by Gasteiger charge is -2.18. The molecule has 1 aromatic rings. The normalized spacial score (nSPS) is 13.3. The number of alkyl halides is 3. The smallest absolute Gasteiger partial charge is 0.349 e. The first-order valence-corrected chi connectivity index (χ1v) is 7.28. The number of rotatable bonds is 5. The van der Waals surface area contributed by atoms with E-state index in [1.807, 2.05) is 0 Å². The van der Waals surface area contributed by atoms with Crippen molar-refractivity contribution in [3.8, 4) is 0 Å². The standard InChI is InChI=1S/C12H13ClF2O3S/c1-3-7-8(11(16)17)5-6-9(12(13,14)15)10(7)19(18)4-2/h5-6H,3-4H2,1-2H3,(H,16,17)/t19-/m0/s1. The first kappa shape index (κ1) is 16.0. The molecule has 19 heavy (non-hydrogen) atoms. The molecule has 0 unspecified atom stereocenters. The van der Waals surface area contributed by atoms with Crippen molar-refractivity contribution in [2.45, 2.75) is 30.5 Å². The Kier molecular flexibility index (Phi) is 5.04. The van der Waals surface area contributed by atoms with Crippen LogP contribution in [0.5, 0.6) is 0 Å². The predicted molar refractivity (Wildman–Crippen MR) is 69.5 cm³/mol. The Morgan fingerprint density at radius 2 is 2.00 bits per heavy atom. The maximum absolute atomic E-state index is 13.3. The van der Waals surface area contributed by atoms with Gasteiger partial charge < -0.3 is 5.11 Å². The molecule has 1 atom stereocenters. The van der Waals surface area contributed by atoms with Crippen molar-refractivity contribution in [1.29, 1.82) is 0 Å². The number of hydrogen-bond acceptors (Lipinski definition) is 2. The second kappa shape index (κ2) is 5.96. The van der Waals surface area contributed by atoms with Gasteiger partial charge in [0, 0.05) is 5.75 Å². The lowest BCUT2D eigenvalue weighted by molar-refractivity contribution is 0.0692. The Bertz CT molecular complexity index is 526. The highest BCUT2D eigenvalue weighted by molar-refractivity contribution is 7.85. The van der Waals surface area contributed by atoms with Crippen LogP contribution in [0.25, 0.3) is 0 Å². The van der Waals surface area contributed by atoms with Gasteiger partial charge in [0.2, 0.25) is 0 Å². The zero-order valence-corrected chi connectivity index (χ0v) is 11.9. The summed E-state index contributed by atoms with van der Waals surface area (Å²) in [5.74, 6) is -1.13. The molecule has 3 nitrogen and oxygen atoms in total. The van der Waals surface area contributed by atoms with Gasteiger partial charge in [0.25, 0.3) is 0 Å². The fraction of sp³-hybridized carbons (Fsp3) is 0.417. The van der Waals surface area contributed by atoms with Crippen LogP contribution in [-0.2, 0) is 22.6 Å². The molecule has 0 fully saturated rings. The third-order valence-corrected chi connectivity index (χ3v) is 4.29. The summed E-state index contributed by atoms with van der Waals surface area (Å²) in [6.45, 7) is 3.19. The molecular weight excluding hydrogens is 298 g/mol. The van der Waals surface area contributed by atoms with Gasteiger partial charge in [0.1, 0.15) is 0 Å². The third-order valence-electron chi connectivity index (χ3n) is 2.64. The van der Waals surface area contributed by atoms with E-state index in [1.165, 1.54) is 0 Å². The summed E-state index contributed by atoms with van der Waals surface area (Å²) in [5, 5.41) is 5.37. The fourth-order valence-corrected chi connectivity index (χ4v) is 3.28. The molecule has 1 N–H and O–H groups in total. The second-order valence-electron chi connectivity index (χ2n) is 3.76. The fourth-order valence-electron chi connectivity index (χ4n) is 1.81. The highest BCUT2D eigenvalue weighted by atomic mass is 35.5. The van der Waals surface area contributed by atoms with E-state index in [-0.39, 0.29) is 28.2 Å². The van der Waals surface area contributed by atoms with Gasteiger partial charge in [-0.25, -0.2) is 4.79 Å². The minimum atomic E-state index is -3.68. The maximum atomic E-state index is 13.3. The van der Waals surface area contributed by atoms with E-state index < -0.39 is 27.7 Å². The molecule has 0 heterocycles. The molecule has 1 rings (SSSR count). The minimum Gasteiger partial charge on any atom is -0.478 e. The van der Waals surface area contributed by atoms with Crippen LogP contribution in [0.2, 0.25) is 0 Å². The quantitative estimate of drug-likeness (QED) is 0.848. The van der Waals surface area contributed by atoms with Crippen LogP contribution in [0.1, 0.15) is 35.3 Å². The van der Waals surface area contributed by atoms with Gasteiger partial charge in [-0.05, 0) is 35.7 Å². The van der Waals surface area contributed by atoms with Crippen molar-refractivity contribution in [3.05, 3.63) is 28.8 Å². The molecular formula is C12H13ClF2O3S. The van der Waals surface area contributed by atoms with E-state index >= 15 is 0 Å². The molecule has 0 aliphatic rings. The first-order chi connectivity index (χ1) is 8.73. The summed E-state index contributed by atoms with van der Waals surface area (Å²) in [4.78, 5) is 10.9. The number of carboxylic acids is 1. The third kappa shape index (κ3) is 3.30. The highest BCUT2D eigenvalue weighted by Gasteiger charge is 2.34. The van der Waals surface area contributed by atoms with Crippen molar-refractivity contribution < 1.29 is 22.9 Å². The molecule has 0 aliphatic carbocycles. The van der Waals surface area contributed by atoms with E-state index in [9.17, 15) is 17.8 Å². The van der Waals surface area contributed by atoms with E-state index in [4.69, 9.17) is 16.7 Å². The average molecular weight is 311 g/mol. The number of hydrogen-bond donors (Lipinski definition) is 1. The van der Waals surface area contributed by atoms with Gasteiger partial charge >= 0.3 is 11.4 Å². The number of aromatic carboxylic acids is 1. The molecule has 0 radical (unpaired) electrons. The zero-order valence-electron chi connectivity index (χ0n) is 10.4. The van der Waals surface area contributed by atoms with Gasteiger partial charge in [0.15, 0.2) is 0 Å². The van der Waals surface area contributed by atoms with Crippen molar-refractivity contribution in [3.63, 3.8) is 0 Å². The molecule has 0 spiro atoms. The SMILES string of the molecule is CCc1c(C(=O)O)ccc(C(F)(F)Cl)c1[S@@](=O)CC. The average Bonchev–Trinajstić information content (AvgIpc) is 2.34. The summed E-state index contributed by atoms with van der Waals surface area (Å²) in [6.07, 6.45) is 0.184. The number of halogens is 3. The van der Waals surface area contributed by atoms with Gasteiger partial charge in [-0.3, -0.25) is 4.21 Å². The van der Waals surface area contributed by atoms with Gasteiger partial charge in [-0.1, -0.05) is 13.8 Å². The van der Waals surface area contributed by atoms with E-state index in [0.29, 0.717) is 0 Å². The van der Waals surface area contributed by atoms with Crippen molar-refractivity contribution >= 4 is 28.4 Å². The van der Waals surface area contributed by atoms with Crippen LogP contribution < -0.4 is 0 Å². The molecule has 0 amide bonds. The topological polar surface area (TPSA) is 54.4 Å². The lowest BCUT2D eigenvalue weighted by Crippen LogP contribution is -2.15. The summed E-state index contributed by atoms with van der Waals surface area (Å²) in [7, 11) is -1.71. The first-order valence-electron chi connectivity index (χ1n) is 5.58. The molecule has 0 aliphatic heterocycles. The Labute approximate surface area is 117 Å². The summed E-state index contributed by atoms with van der Waals surface area (Å²) in [6, 6.07) is 2.00. The van der Waals surface area contributed by atoms with Crippen LogP contribution >= 0.6 is 11.6 Å². The molecule has 0 aromatic heterocycles. The largest absolute Gasteiger partial charge is 0.478 e. The predicted octanol–water partition coefficient (Wildman–Crippen LogP) is 3.36. The zero-order chi connectivity index (χ0) is 14.8. The molecule has 1 aromatic carbocycles. The Balaban J connectivity index is 3.70. The summed E-state index contributed by atoms with van der Waals surface area (Å²) < 4.78 is 38.7. The molecule has 0 saturated carbocycles. The number of carboxylic acid groups (broad SMARTS) is 1. The van der Waals surface area contributed by atoms with E-state index in [1.54, 1.807) is 13.8 Å². The molecule has 0 bridgehead atoms. The second-order valence-corrected chi connectivity index (χ2v) is 5.91. The number of carbonyl (C=O) groups is 1. The van der Waals surface area contributed by atoms with Gasteiger partial charge in [-0.2, -0.15) is 8.78 Å². The van der Waals surface area contributed by atoms with Gasteiger partial charge in [0.05, 0.1) is 26.8 Å². The Morgan fingerprint density at radius 1 is 1.42 bits per heavy atom. The highest BCUT2D eigenvalue weighted by Crippen LogP contribution is 2.38. The Hall–Kier alpha value is -1.01. The summed E-state index contributed by atoms with van der Waals surface area (Å²) in [5.41, 5.74) is -0.564. The van der Waals surface area contributed by atoms with Crippen molar-refractivity contribution in [2.24, 2.45) is 0 Å². The number of benzene rings is 1. The van der Waals surface area contributed by atoms with Crippen LogP contribution in [0.3, 0.4) is 0 Å². The maximum Gasteiger partial charge on any atom is 0.349 e. The lowest BCUT2D eigenvalue weighted by atomic mass is 10.0. The molecule has 7 heteroatoms. The monoisotopic (exact) mass is 310 g/mol. The van der Waals surface area contributed by atoms with Crippen LogP contribution in [0.15, 0.2) is 17.0 Å². The molecule has 0 saturated heterocycles. The Morgan fingerprint density at radius 3 is 2.37 bits per heavy atom. The van der Waals surface area contributed by atoms with Gasteiger partial charge in [-0.15, -0.1) is 0 Å².